The second-order valence-electron chi connectivity index (χ2n) is 16.1. The van der Waals surface area contributed by atoms with Crippen molar-refractivity contribution in [2.75, 3.05) is 0 Å². The van der Waals surface area contributed by atoms with Crippen LogP contribution in [0.4, 0.5) is 0 Å². The molecule has 0 N–H and O–H groups in total. The molecular weight excluding hydrogens is 677 g/mol. The first-order chi connectivity index (χ1) is 27.6. The van der Waals surface area contributed by atoms with Crippen LogP contribution in [0.1, 0.15) is 33.4 Å². The molecule has 2 aliphatic rings. The van der Waals surface area contributed by atoms with Crippen LogP contribution in [-0.2, 0) is 25.7 Å². The smallest absolute Gasteiger partial charge is 0.0579 e. The van der Waals surface area contributed by atoms with Gasteiger partial charge in [-0.1, -0.05) is 108 Å². The zero-order chi connectivity index (χ0) is 37.1. The van der Waals surface area contributed by atoms with Crippen LogP contribution in [0.2, 0.25) is 0 Å². The van der Waals surface area contributed by atoms with Gasteiger partial charge in [0.2, 0.25) is 0 Å². The molecule has 0 atom stereocenters. The Kier molecular flexibility index (Phi) is 6.75. The van der Waals surface area contributed by atoms with Gasteiger partial charge in [0.25, 0.3) is 0 Å². The van der Waals surface area contributed by atoms with Gasteiger partial charge in [-0.2, -0.15) is 0 Å². The molecule has 2 aromatic heterocycles. The standard InChI is InChI=1S/C54H40N2/c1-33-11-9-13-35(27-33)37-21-25-49-45(29-37)47-31-39-19-20-40-32-48-46-30-38(36-14-10-12-34(2)28-36)22-26-50(46)56(42-17-7-4-8-18-42)54(48)44-24-23-43(51(39)52(40)44)53(47)55(49)41-15-5-3-6-16-41/h3-18,21-22,25-32H,19-20,23-24H2,1-2H3. The maximum Gasteiger partial charge on any atom is 0.0579 e. The van der Waals surface area contributed by atoms with Gasteiger partial charge in [0.1, 0.15) is 0 Å². The zero-order valence-corrected chi connectivity index (χ0v) is 31.7. The van der Waals surface area contributed by atoms with Gasteiger partial charge < -0.3 is 9.13 Å². The molecule has 8 aromatic carbocycles. The third-order valence-corrected chi connectivity index (χ3v) is 12.7. The summed E-state index contributed by atoms with van der Waals surface area (Å²) in [5.41, 5.74) is 24.4. The van der Waals surface area contributed by atoms with Crippen molar-refractivity contribution in [1.82, 2.24) is 9.13 Å². The van der Waals surface area contributed by atoms with E-state index in [2.05, 4.69) is 181 Å². The fraction of sp³-hybridized carbons (Fsp3) is 0.111. The highest BCUT2D eigenvalue weighted by Crippen LogP contribution is 2.51. The number of nitrogens with zero attached hydrogens (tertiary/aromatic N) is 2. The monoisotopic (exact) mass is 716 g/mol. The fourth-order valence-electron chi connectivity index (χ4n) is 10.4. The Labute approximate surface area is 326 Å². The van der Waals surface area contributed by atoms with E-state index in [9.17, 15) is 0 Å². The van der Waals surface area contributed by atoms with Crippen molar-refractivity contribution in [2.45, 2.75) is 39.5 Å². The number of hydrogen-bond donors (Lipinski definition) is 0. The van der Waals surface area contributed by atoms with E-state index in [0.717, 1.165) is 25.7 Å². The van der Waals surface area contributed by atoms with E-state index < -0.39 is 0 Å². The molecule has 0 amide bonds. The summed E-state index contributed by atoms with van der Waals surface area (Å²) in [5, 5.41) is 5.43. The number of hydrogen-bond acceptors (Lipinski definition) is 0. The van der Waals surface area contributed by atoms with Crippen LogP contribution in [0, 0.1) is 13.8 Å². The average Bonchev–Trinajstić information content (AvgIpc) is 3.75. The Balaban J connectivity index is 1.16. The predicted molar refractivity (Wildman–Crippen MR) is 236 cm³/mol. The van der Waals surface area contributed by atoms with Gasteiger partial charge in [-0.3, -0.25) is 0 Å². The van der Waals surface area contributed by atoms with Gasteiger partial charge in [-0.15, -0.1) is 0 Å². The molecule has 2 heteroatoms. The Hall–Kier alpha value is -6.64. The molecule has 0 saturated carbocycles. The lowest BCUT2D eigenvalue weighted by molar-refractivity contribution is 0.883. The van der Waals surface area contributed by atoms with Crippen LogP contribution in [0.5, 0.6) is 0 Å². The van der Waals surface area contributed by atoms with Crippen LogP contribution in [0.25, 0.3) is 88.4 Å². The molecule has 0 radical (unpaired) electrons. The number of para-hydroxylation sites is 2. The lowest BCUT2D eigenvalue weighted by atomic mass is 9.74. The maximum absolute atomic E-state index is 2.57. The fourth-order valence-corrected chi connectivity index (χ4v) is 10.4. The molecule has 0 bridgehead atoms. The summed E-state index contributed by atoms with van der Waals surface area (Å²) in [6, 6.07) is 59.3. The summed E-state index contributed by atoms with van der Waals surface area (Å²) in [6.07, 6.45) is 4.11. The summed E-state index contributed by atoms with van der Waals surface area (Å²) < 4.78 is 5.12. The molecule has 266 valence electrons. The molecule has 0 spiro atoms. The number of rotatable bonds is 4. The summed E-state index contributed by atoms with van der Waals surface area (Å²) in [4.78, 5) is 0. The minimum atomic E-state index is 1.00. The van der Waals surface area contributed by atoms with Gasteiger partial charge in [-0.05, 0) is 156 Å². The van der Waals surface area contributed by atoms with Crippen molar-refractivity contribution in [2.24, 2.45) is 0 Å². The molecule has 2 heterocycles. The average molecular weight is 717 g/mol. The molecule has 0 aliphatic heterocycles. The van der Waals surface area contributed by atoms with Crippen molar-refractivity contribution in [1.29, 1.82) is 0 Å². The van der Waals surface area contributed by atoms with Crippen molar-refractivity contribution in [3.8, 4) is 44.8 Å². The number of fused-ring (bicyclic) bond motifs is 8. The molecule has 12 rings (SSSR count). The van der Waals surface area contributed by atoms with Gasteiger partial charge in [0.05, 0.1) is 22.1 Å². The Morgan fingerprint density at radius 3 is 1.21 bits per heavy atom. The van der Waals surface area contributed by atoms with Crippen molar-refractivity contribution in [3.63, 3.8) is 0 Å². The van der Waals surface area contributed by atoms with Crippen LogP contribution < -0.4 is 0 Å². The van der Waals surface area contributed by atoms with E-state index in [1.165, 1.54) is 122 Å². The Bertz CT molecular complexity index is 3030. The molecule has 0 unspecified atom stereocenters. The molecule has 2 aliphatic carbocycles. The minimum Gasteiger partial charge on any atom is -0.309 e. The Morgan fingerprint density at radius 1 is 0.357 bits per heavy atom. The number of aryl methyl sites for hydroxylation is 6. The molecule has 2 nitrogen and oxygen atoms in total. The van der Waals surface area contributed by atoms with E-state index in [1.807, 2.05) is 0 Å². The van der Waals surface area contributed by atoms with E-state index in [-0.39, 0.29) is 0 Å². The number of benzene rings is 8. The lowest BCUT2D eigenvalue weighted by Gasteiger charge is -2.31. The highest BCUT2D eigenvalue weighted by atomic mass is 15.0. The van der Waals surface area contributed by atoms with E-state index in [4.69, 9.17) is 0 Å². The predicted octanol–water partition coefficient (Wildman–Crippen LogP) is 13.7. The van der Waals surface area contributed by atoms with Crippen LogP contribution in [0.3, 0.4) is 0 Å². The van der Waals surface area contributed by atoms with E-state index in [0.29, 0.717) is 0 Å². The topological polar surface area (TPSA) is 9.86 Å². The van der Waals surface area contributed by atoms with Crippen molar-refractivity contribution in [3.05, 3.63) is 191 Å². The summed E-state index contributed by atoms with van der Waals surface area (Å²) in [6.45, 7) is 4.37. The molecular formula is C54H40N2. The third kappa shape index (κ3) is 4.56. The molecule has 56 heavy (non-hydrogen) atoms. The third-order valence-electron chi connectivity index (χ3n) is 12.7. The highest BCUT2D eigenvalue weighted by Gasteiger charge is 2.33. The van der Waals surface area contributed by atoms with Gasteiger partial charge >= 0.3 is 0 Å². The van der Waals surface area contributed by atoms with Gasteiger partial charge in [-0.25, -0.2) is 0 Å². The van der Waals surface area contributed by atoms with Gasteiger partial charge in [0.15, 0.2) is 0 Å². The summed E-state index contributed by atoms with van der Waals surface area (Å²) >= 11 is 0. The first-order valence-corrected chi connectivity index (χ1v) is 20.1. The highest BCUT2D eigenvalue weighted by molar-refractivity contribution is 6.17. The molecule has 0 saturated heterocycles. The zero-order valence-electron chi connectivity index (χ0n) is 31.7. The van der Waals surface area contributed by atoms with Crippen LogP contribution >= 0.6 is 0 Å². The lowest BCUT2D eigenvalue weighted by Crippen LogP contribution is -2.16. The van der Waals surface area contributed by atoms with Gasteiger partial charge in [0, 0.05) is 32.9 Å². The van der Waals surface area contributed by atoms with E-state index in [1.54, 1.807) is 0 Å². The minimum absolute atomic E-state index is 1.00. The second-order valence-corrected chi connectivity index (χ2v) is 16.1. The quantitative estimate of drug-likeness (QED) is 0.172. The largest absolute Gasteiger partial charge is 0.309 e. The maximum atomic E-state index is 2.57. The van der Waals surface area contributed by atoms with Crippen LogP contribution in [0.15, 0.2) is 158 Å². The first kappa shape index (κ1) is 31.7. The Morgan fingerprint density at radius 2 is 0.786 bits per heavy atom. The summed E-state index contributed by atoms with van der Waals surface area (Å²) in [5.74, 6) is 0. The SMILES string of the molecule is Cc1cccc(-c2ccc3c(c2)c2cc4c5c(c2n3-c2ccccc2)CCc2c-5c(cc3c5cc(-c6cccc(C)c6)ccc5n(-c5ccccc5)c23)CC4)c1. The second kappa shape index (κ2) is 11.9. The van der Waals surface area contributed by atoms with Crippen molar-refractivity contribution < 1.29 is 0 Å². The number of aromatic nitrogens is 2. The first-order valence-electron chi connectivity index (χ1n) is 20.1. The normalized spacial score (nSPS) is 13.2. The molecule has 0 fully saturated rings. The summed E-state index contributed by atoms with van der Waals surface area (Å²) in [7, 11) is 0. The van der Waals surface area contributed by atoms with E-state index >= 15 is 0 Å². The molecule has 10 aromatic rings. The van der Waals surface area contributed by atoms with Crippen molar-refractivity contribution >= 4 is 43.6 Å². The van der Waals surface area contributed by atoms with Crippen LogP contribution in [-0.4, -0.2) is 9.13 Å².